The summed E-state index contributed by atoms with van der Waals surface area (Å²) >= 11 is 6.13. The molecule has 1 amide bonds. The zero-order chi connectivity index (χ0) is 16.6. The van der Waals surface area contributed by atoms with Gasteiger partial charge in [0.25, 0.3) is 5.56 Å². The number of nitrogens with two attached hydrogens (primary N) is 1. The Morgan fingerprint density at radius 1 is 1.48 bits per heavy atom. The van der Waals surface area contributed by atoms with E-state index in [1.54, 1.807) is 25.1 Å². The lowest BCUT2D eigenvalue weighted by Crippen LogP contribution is -2.27. The number of amides is 1. The van der Waals surface area contributed by atoms with Crippen molar-refractivity contribution in [2.24, 2.45) is 5.73 Å². The number of carbonyl (C=O) groups is 1. The van der Waals surface area contributed by atoms with E-state index in [-0.39, 0.29) is 16.2 Å². The molecule has 1 atom stereocenters. The highest BCUT2D eigenvalue weighted by atomic mass is 35.5. The van der Waals surface area contributed by atoms with Crippen molar-refractivity contribution < 1.29 is 9.53 Å². The van der Waals surface area contributed by atoms with Crippen LogP contribution in [0.3, 0.4) is 0 Å². The standard InChI is InChI=1S/C14H12ClN5O3/c1-7(23-14(16)22)12-19-10-4-2-3-9(15)11(10)13(21)20(12)8-5-17-18-6-8/h2-7H,1H3,(H2,16,22)(H,17,18)/t7-/m0/s1. The van der Waals surface area contributed by atoms with Gasteiger partial charge in [-0.1, -0.05) is 17.7 Å². The van der Waals surface area contributed by atoms with Gasteiger partial charge in [-0.15, -0.1) is 0 Å². The molecule has 0 bridgehead atoms. The number of hydrogen-bond acceptors (Lipinski definition) is 5. The maximum Gasteiger partial charge on any atom is 0.405 e. The van der Waals surface area contributed by atoms with Crippen LogP contribution in [0.4, 0.5) is 4.79 Å². The van der Waals surface area contributed by atoms with Gasteiger partial charge in [0.15, 0.2) is 11.9 Å². The van der Waals surface area contributed by atoms with E-state index in [9.17, 15) is 9.59 Å². The van der Waals surface area contributed by atoms with Crippen molar-refractivity contribution in [3.05, 3.63) is 51.8 Å². The lowest BCUT2D eigenvalue weighted by atomic mass is 10.2. The fourth-order valence-electron chi connectivity index (χ4n) is 2.32. The minimum Gasteiger partial charge on any atom is -0.439 e. The maximum absolute atomic E-state index is 12.9. The molecule has 0 saturated heterocycles. The van der Waals surface area contributed by atoms with Gasteiger partial charge in [-0.3, -0.25) is 14.5 Å². The average Bonchev–Trinajstić information content (AvgIpc) is 3.00. The van der Waals surface area contributed by atoms with E-state index < -0.39 is 17.8 Å². The first-order chi connectivity index (χ1) is 11.0. The minimum atomic E-state index is -0.961. The van der Waals surface area contributed by atoms with Gasteiger partial charge in [-0.25, -0.2) is 9.78 Å². The molecule has 0 radical (unpaired) electrons. The van der Waals surface area contributed by atoms with Crippen molar-refractivity contribution in [3.63, 3.8) is 0 Å². The molecule has 2 heterocycles. The van der Waals surface area contributed by atoms with E-state index in [0.717, 1.165) is 0 Å². The Bertz CT molecular complexity index is 935. The fourth-order valence-corrected chi connectivity index (χ4v) is 2.57. The average molecular weight is 334 g/mol. The van der Waals surface area contributed by atoms with Crippen LogP contribution in [0.5, 0.6) is 0 Å². The number of aromatic amines is 1. The van der Waals surface area contributed by atoms with Crippen LogP contribution < -0.4 is 11.3 Å². The van der Waals surface area contributed by atoms with Crippen LogP contribution in [0.2, 0.25) is 5.02 Å². The molecule has 0 aliphatic heterocycles. The van der Waals surface area contributed by atoms with Crippen LogP contribution in [0.1, 0.15) is 18.9 Å². The van der Waals surface area contributed by atoms with Crippen molar-refractivity contribution in [2.45, 2.75) is 13.0 Å². The quantitative estimate of drug-likeness (QED) is 0.759. The fraction of sp³-hybridized carbons (Fsp3) is 0.143. The molecule has 0 fully saturated rings. The summed E-state index contributed by atoms with van der Waals surface area (Å²) < 4.78 is 6.25. The van der Waals surface area contributed by atoms with Crippen LogP contribution in [-0.2, 0) is 4.74 Å². The largest absolute Gasteiger partial charge is 0.439 e. The van der Waals surface area contributed by atoms with Crippen LogP contribution in [-0.4, -0.2) is 25.8 Å². The number of hydrogen-bond donors (Lipinski definition) is 2. The van der Waals surface area contributed by atoms with Gasteiger partial charge in [0.05, 0.1) is 27.8 Å². The molecule has 9 heteroatoms. The molecule has 3 aromatic rings. The molecular formula is C14H12ClN5O3. The Kier molecular flexibility index (Phi) is 3.75. The molecule has 0 saturated carbocycles. The second-order valence-corrected chi connectivity index (χ2v) is 5.19. The summed E-state index contributed by atoms with van der Waals surface area (Å²) in [6, 6.07) is 4.95. The molecule has 3 rings (SSSR count). The zero-order valence-electron chi connectivity index (χ0n) is 12.0. The normalized spacial score (nSPS) is 12.3. The molecule has 118 valence electrons. The highest BCUT2D eigenvalue weighted by molar-refractivity contribution is 6.35. The number of benzene rings is 1. The van der Waals surface area contributed by atoms with E-state index >= 15 is 0 Å². The second kappa shape index (κ2) is 5.73. The lowest BCUT2D eigenvalue weighted by Gasteiger charge is -2.17. The highest BCUT2D eigenvalue weighted by Crippen LogP contribution is 2.23. The third-order valence-electron chi connectivity index (χ3n) is 3.27. The number of nitrogens with one attached hydrogen (secondary N) is 1. The first kappa shape index (κ1) is 15.0. The first-order valence-corrected chi connectivity index (χ1v) is 7.03. The van der Waals surface area contributed by atoms with Crippen molar-refractivity contribution in [3.8, 4) is 5.69 Å². The SMILES string of the molecule is C[C@H](OC(N)=O)c1nc2cccc(Cl)c2c(=O)n1-c1cn[nH]c1. The maximum atomic E-state index is 12.9. The Hall–Kier alpha value is -2.87. The number of aromatic nitrogens is 4. The first-order valence-electron chi connectivity index (χ1n) is 6.65. The van der Waals surface area contributed by atoms with E-state index in [2.05, 4.69) is 15.2 Å². The summed E-state index contributed by atoms with van der Waals surface area (Å²) in [7, 11) is 0. The van der Waals surface area contributed by atoms with Crippen LogP contribution in [0, 0.1) is 0 Å². The minimum absolute atomic E-state index is 0.213. The van der Waals surface area contributed by atoms with E-state index in [1.807, 2.05) is 0 Å². The Balaban J connectivity index is 2.36. The van der Waals surface area contributed by atoms with Crippen LogP contribution >= 0.6 is 11.6 Å². The van der Waals surface area contributed by atoms with Crippen molar-refractivity contribution in [2.75, 3.05) is 0 Å². The molecule has 0 spiro atoms. The highest BCUT2D eigenvalue weighted by Gasteiger charge is 2.21. The predicted octanol–water partition coefficient (Wildman–Crippen LogP) is 1.92. The van der Waals surface area contributed by atoms with E-state index in [1.165, 1.54) is 17.0 Å². The number of halogens is 1. The summed E-state index contributed by atoms with van der Waals surface area (Å²) in [5.41, 5.74) is 5.51. The number of H-pyrrole nitrogens is 1. The number of rotatable bonds is 3. The molecular weight excluding hydrogens is 322 g/mol. The number of primary amides is 1. The van der Waals surface area contributed by atoms with Gasteiger partial charge < -0.3 is 10.5 Å². The Morgan fingerprint density at radius 2 is 2.26 bits per heavy atom. The van der Waals surface area contributed by atoms with Gasteiger partial charge >= 0.3 is 6.09 Å². The summed E-state index contributed by atoms with van der Waals surface area (Å²) in [5.74, 6) is 0.213. The molecule has 0 aliphatic rings. The number of nitrogens with zero attached hydrogens (tertiary/aromatic N) is 3. The molecule has 0 unspecified atom stereocenters. The lowest BCUT2D eigenvalue weighted by molar-refractivity contribution is 0.110. The summed E-state index contributed by atoms with van der Waals surface area (Å²) in [6.07, 6.45) is 1.17. The van der Waals surface area contributed by atoms with E-state index in [0.29, 0.717) is 11.2 Å². The summed E-state index contributed by atoms with van der Waals surface area (Å²) in [6.45, 7) is 1.57. The number of carbonyl (C=O) groups excluding carboxylic acids is 1. The molecule has 8 nitrogen and oxygen atoms in total. The monoisotopic (exact) mass is 333 g/mol. The second-order valence-electron chi connectivity index (χ2n) is 4.78. The van der Waals surface area contributed by atoms with Gasteiger partial charge in [0.1, 0.15) is 0 Å². The van der Waals surface area contributed by atoms with Crippen LogP contribution in [0.15, 0.2) is 35.4 Å². The molecule has 0 aliphatic carbocycles. The van der Waals surface area contributed by atoms with Gasteiger partial charge in [0.2, 0.25) is 0 Å². The summed E-state index contributed by atoms with van der Waals surface area (Å²) in [4.78, 5) is 28.3. The zero-order valence-corrected chi connectivity index (χ0v) is 12.7. The molecule has 23 heavy (non-hydrogen) atoms. The number of ether oxygens (including phenoxy) is 1. The third-order valence-corrected chi connectivity index (χ3v) is 3.59. The Morgan fingerprint density at radius 3 is 2.91 bits per heavy atom. The Labute approximate surface area is 134 Å². The van der Waals surface area contributed by atoms with Crippen molar-refractivity contribution in [1.29, 1.82) is 0 Å². The smallest absolute Gasteiger partial charge is 0.405 e. The summed E-state index contributed by atoms with van der Waals surface area (Å²) in [5, 5.41) is 7.00. The van der Waals surface area contributed by atoms with Crippen LogP contribution in [0.25, 0.3) is 16.6 Å². The van der Waals surface area contributed by atoms with Gasteiger partial charge in [-0.05, 0) is 19.1 Å². The van der Waals surface area contributed by atoms with Crippen molar-refractivity contribution >= 4 is 28.6 Å². The van der Waals surface area contributed by atoms with Gasteiger partial charge in [0, 0.05) is 6.20 Å². The molecule has 2 aromatic heterocycles. The van der Waals surface area contributed by atoms with Gasteiger partial charge in [-0.2, -0.15) is 5.10 Å². The van der Waals surface area contributed by atoms with E-state index in [4.69, 9.17) is 22.1 Å². The van der Waals surface area contributed by atoms with Crippen molar-refractivity contribution in [1.82, 2.24) is 19.7 Å². The molecule has 3 N–H and O–H groups in total. The number of fused-ring (bicyclic) bond motifs is 1. The molecule has 1 aromatic carbocycles. The predicted molar refractivity (Wildman–Crippen MR) is 83.6 cm³/mol. The third kappa shape index (κ3) is 2.64. The topological polar surface area (TPSA) is 116 Å².